The number of amides is 2. The lowest BCUT2D eigenvalue weighted by atomic mass is 9.90. The lowest BCUT2D eigenvalue weighted by Gasteiger charge is -2.39. The average Bonchev–Trinajstić information content (AvgIpc) is 2.85. The van der Waals surface area contributed by atoms with Crippen LogP contribution in [-0.4, -0.2) is 53.3 Å². The molecule has 2 aliphatic rings. The quantitative estimate of drug-likeness (QED) is 0.848. The SMILES string of the molecule is CC(C)C(C(=O)N1CCC(C(C)N)CC1)N1CCCC1=O. The fourth-order valence-corrected chi connectivity index (χ4v) is 3.57. The zero-order valence-corrected chi connectivity index (χ0v) is 13.5. The van der Waals surface area contributed by atoms with Gasteiger partial charge in [-0.25, -0.2) is 0 Å². The van der Waals surface area contributed by atoms with Gasteiger partial charge in [-0.05, 0) is 38.0 Å². The monoisotopic (exact) mass is 295 g/mol. The van der Waals surface area contributed by atoms with E-state index >= 15 is 0 Å². The normalized spacial score (nSPS) is 23.8. The minimum atomic E-state index is -0.285. The Hall–Kier alpha value is -1.10. The lowest BCUT2D eigenvalue weighted by molar-refractivity contribution is -0.146. The smallest absolute Gasteiger partial charge is 0.245 e. The molecule has 2 amide bonds. The first-order valence-electron chi connectivity index (χ1n) is 8.25. The highest BCUT2D eigenvalue weighted by molar-refractivity contribution is 5.88. The lowest BCUT2D eigenvalue weighted by Crippen LogP contribution is -2.54. The summed E-state index contributed by atoms with van der Waals surface area (Å²) in [5.41, 5.74) is 5.96. The Kier molecular flexibility index (Phi) is 5.25. The van der Waals surface area contributed by atoms with Crippen molar-refractivity contribution in [1.82, 2.24) is 9.80 Å². The van der Waals surface area contributed by atoms with Gasteiger partial charge in [-0.1, -0.05) is 13.8 Å². The van der Waals surface area contributed by atoms with Crippen LogP contribution in [0.25, 0.3) is 0 Å². The van der Waals surface area contributed by atoms with E-state index in [-0.39, 0.29) is 29.8 Å². The van der Waals surface area contributed by atoms with Gasteiger partial charge in [0.15, 0.2) is 0 Å². The van der Waals surface area contributed by atoms with Crippen molar-refractivity contribution in [2.45, 2.75) is 58.5 Å². The van der Waals surface area contributed by atoms with Gasteiger partial charge < -0.3 is 15.5 Å². The van der Waals surface area contributed by atoms with Crippen LogP contribution in [0.15, 0.2) is 0 Å². The fourth-order valence-electron chi connectivity index (χ4n) is 3.57. The number of piperidine rings is 1. The molecule has 120 valence electrons. The summed E-state index contributed by atoms with van der Waals surface area (Å²) < 4.78 is 0. The van der Waals surface area contributed by atoms with Crippen molar-refractivity contribution in [3.8, 4) is 0 Å². The van der Waals surface area contributed by atoms with Gasteiger partial charge in [0, 0.05) is 32.1 Å². The van der Waals surface area contributed by atoms with Crippen molar-refractivity contribution in [2.24, 2.45) is 17.6 Å². The van der Waals surface area contributed by atoms with Gasteiger partial charge in [-0.15, -0.1) is 0 Å². The van der Waals surface area contributed by atoms with Crippen LogP contribution in [0.1, 0.15) is 46.5 Å². The summed E-state index contributed by atoms with van der Waals surface area (Å²) in [5, 5.41) is 0. The van der Waals surface area contributed by atoms with Crippen LogP contribution in [0.5, 0.6) is 0 Å². The predicted molar refractivity (Wildman–Crippen MR) is 82.5 cm³/mol. The third kappa shape index (κ3) is 3.57. The summed E-state index contributed by atoms with van der Waals surface area (Å²) in [7, 11) is 0. The molecular formula is C16H29N3O2. The van der Waals surface area contributed by atoms with Crippen LogP contribution in [0.3, 0.4) is 0 Å². The van der Waals surface area contributed by atoms with Gasteiger partial charge in [-0.2, -0.15) is 0 Å². The highest BCUT2D eigenvalue weighted by Gasteiger charge is 2.38. The molecule has 2 unspecified atom stereocenters. The molecule has 0 aromatic rings. The van der Waals surface area contributed by atoms with Crippen molar-refractivity contribution in [2.75, 3.05) is 19.6 Å². The number of hydrogen-bond donors (Lipinski definition) is 1. The van der Waals surface area contributed by atoms with Crippen molar-refractivity contribution in [1.29, 1.82) is 0 Å². The molecule has 2 heterocycles. The second-order valence-corrected chi connectivity index (χ2v) is 6.90. The van der Waals surface area contributed by atoms with Gasteiger partial charge >= 0.3 is 0 Å². The molecule has 0 spiro atoms. The maximum absolute atomic E-state index is 12.8. The van der Waals surface area contributed by atoms with Gasteiger partial charge in [0.05, 0.1) is 0 Å². The van der Waals surface area contributed by atoms with Crippen molar-refractivity contribution < 1.29 is 9.59 Å². The Morgan fingerprint density at radius 1 is 1.19 bits per heavy atom. The number of carbonyl (C=O) groups excluding carboxylic acids is 2. The molecule has 2 saturated heterocycles. The van der Waals surface area contributed by atoms with Gasteiger partial charge in [-0.3, -0.25) is 9.59 Å². The minimum absolute atomic E-state index is 0.128. The number of rotatable bonds is 4. The first-order valence-corrected chi connectivity index (χ1v) is 8.25. The van der Waals surface area contributed by atoms with E-state index in [9.17, 15) is 9.59 Å². The second-order valence-electron chi connectivity index (χ2n) is 6.90. The van der Waals surface area contributed by atoms with Crippen molar-refractivity contribution >= 4 is 11.8 Å². The molecule has 5 nitrogen and oxygen atoms in total. The largest absolute Gasteiger partial charge is 0.341 e. The van der Waals surface area contributed by atoms with Crippen LogP contribution in [0.2, 0.25) is 0 Å². The number of nitrogens with zero attached hydrogens (tertiary/aromatic N) is 2. The highest BCUT2D eigenvalue weighted by atomic mass is 16.2. The van der Waals surface area contributed by atoms with Crippen LogP contribution < -0.4 is 5.73 Å². The van der Waals surface area contributed by atoms with Gasteiger partial charge in [0.25, 0.3) is 0 Å². The molecule has 0 saturated carbocycles. The van der Waals surface area contributed by atoms with E-state index in [0.717, 1.165) is 38.9 Å². The third-order valence-corrected chi connectivity index (χ3v) is 4.93. The van der Waals surface area contributed by atoms with Gasteiger partial charge in [0.2, 0.25) is 11.8 Å². The second kappa shape index (κ2) is 6.77. The standard InChI is InChI=1S/C16H29N3O2/c1-11(2)15(19-8-4-5-14(19)20)16(21)18-9-6-13(7-10-18)12(3)17/h11-13,15H,4-10,17H2,1-3H3. The molecule has 0 aromatic heterocycles. The zero-order chi connectivity index (χ0) is 15.6. The molecule has 21 heavy (non-hydrogen) atoms. The van der Waals surface area contributed by atoms with E-state index in [1.807, 2.05) is 25.7 Å². The topological polar surface area (TPSA) is 66.6 Å². The fraction of sp³-hybridized carbons (Fsp3) is 0.875. The van der Waals surface area contributed by atoms with Crippen LogP contribution in [0, 0.1) is 11.8 Å². The Bertz CT molecular complexity index is 387. The number of hydrogen-bond acceptors (Lipinski definition) is 3. The average molecular weight is 295 g/mol. The molecule has 0 aliphatic carbocycles. The first-order chi connectivity index (χ1) is 9.91. The molecule has 2 atom stereocenters. The molecule has 2 fully saturated rings. The Morgan fingerprint density at radius 3 is 2.24 bits per heavy atom. The van der Waals surface area contributed by atoms with E-state index in [4.69, 9.17) is 5.73 Å². The Labute approximate surface area is 127 Å². The summed E-state index contributed by atoms with van der Waals surface area (Å²) >= 11 is 0. The molecule has 2 N–H and O–H groups in total. The summed E-state index contributed by atoms with van der Waals surface area (Å²) in [5.74, 6) is 0.932. The zero-order valence-electron chi connectivity index (χ0n) is 13.5. The predicted octanol–water partition coefficient (Wildman–Crippen LogP) is 1.22. The number of likely N-dealkylation sites (tertiary alicyclic amines) is 2. The van der Waals surface area contributed by atoms with E-state index in [1.165, 1.54) is 0 Å². The maximum Gasteiger partial charge on any atom is 0.245 e. The van der Waals surface area contributed by atoms with E-state index in [1.54, 1.807) is 4.90 Å². The van der Waals surface area contributed by atoms with Crippen LogP contribution in [0.4, 0.5) is 0 Å². The number of nitrogens with two attached hydrogens (primary N) is 1. The highest BCUT2D eigenvalue weighted by Crippen LogP contribution is 2.25. The van der Waals surface area contributed by atoms with Crippen molar-refractivity contribution in [3.63, 3.8) is 0 Å². The molecule has 2 aliphatic heterocycles. The van der Waals surface area contributed by atoms with Crippen LogP contribution in [-0.2, 0) is 9.59 Å². The van der Waals surface area contributed by atoms with E-state index < -0.39 is 0 Å². The van der Waals surface area contributed by atoms with E-state index in [2.05, 4.69) is 0 Å². The minimum Gasteiger partial charge on any atom is -0.341 e. The Balaban J connectivity index is 2.01. The number of carbonyl (C=O) groups is 2. The van der Waals surface area contributed by atoms with Crippen molar-refractivity contribution in [3.05, 3.63) is 0 Å². The molecule has 0 radical (unpaired) electrons. The summed E-state index contributed by atoms with van der Waals surface area (Å²) in [4.78, 5) is 28.6. The molecule has 0 aromatic carbocycles. The molecular weight excluding hydrogens is 266 g/mol. The summed E-state index contributed by atoms with van der Waals surface area (Å²) in [6.45, 7) is 8.38. The summed E-state index contributed by atoms with van der Waals surface area (Å²) in [6, 6.07) is -0.0878. The molecule has 5 heteroatoms. The maximum atomic E-state index is 12.8. The Morgan fingerprint density at radius 2 is 1.81 bits per heavy atom. The van der Waals surface area contributed by atoms with E-state index in [0.29, 0.717) is 12.3 Å². The molecule has 2 rings (SSSR count). The van der Waals surface area contributed by atoms with Gasteiger partial charge in [0.1, 0.15) is 6.04 Å². The molecule has 0 bridgehead atoms. The summed E-state index contributed by atoms with van der Waals surface area (Å²) in [6.07, 6.45) is 3.41. The first kappa shape index (κ1) is 16.3. The van der Waals surface area contributed by atoms with Crippen LogP contribution >= 0.6 is 0 Å². The third-order valence-electron chi connectivity index (χ3n) is 4.93.